The lowest BCUT2D eigenvalue weighted by Gasteiger charge is -2.42. The molecule has 2 saturated heterocycles. The third-order valence-corrected chi connectivity index (χ3v) is 10.6. The average molecular weight is 624 g/mol. The number of aromatic nitrogens is 3. The average Bonchev–Trinajstić information content (AvgIpc) is 3.43. The molecule has 6 rings (SSSR count). The number of fused-ring (bicyclic) bond motifs is 1. The maximum Gasteiger partial charge on any atom is 0.238 e. The van der Waals surface area contributed by atoms with Crippen LogP contribution in [0.1, 0.15) is 19.8 Å². The van der Waals surface area contributed by atoms with Crippen LogP contribution in [0, 0.1) is 0 Å². The second kappa shape index (κ2) is 12.3. The molecule has 2 aliphatic heterocycles. The largest absolute Gasteiger partial charge is 0.494 e. The molecule has 2 aromatic carbocycles. The number of nitrogens with zero attached hydrogens (tertiary/aromatic N) is 6. The van der Waals surface area contributed by atoms with Crippen LogP contribution in [0.5, 0.6) is 5.75 Å². The summed E-state index contributed by atoms with van der Waals surface area (Å²) in [6.07, 6.45) is 5.43. The van der Waals surface area contributed by atoms with Crippen molar-refractivity contribution in [3.05, 3.63) is 59.9 Å². The van der Waals surface area contributed by atoms with E-state index in [1.165, 1.54) is 10.2 Å². The summed E-state index contributed by atoms with van der Waals surface area (Å²) in [5.74, 6) is 0.984. The van der Waals surface area contributed by atoms with Gasteiger partial charge in [-0.3, -0.25) is 4.90 Å². The Morgan fingerprint density at radius 1 is 1.05 bits per heavy atom. The van der Waals surface area contributed by atoms with Crippen molar-refractivity contribution >= 4 is 49.9 Å². The minimum Gasteiger partial charge on any atom is -0.494 e. The Hall–Kier alpha value is -3.38. The van der Waals surface area contributed by atoms with E-state index in [4.69, 9.17) is 21.3 Å². The van der Waals surface area contributed by atoms with Crippen LogP contribution in [-0.4, -0.2) is 97.4 Å². The Morgan fingerprint density at radius 2 is 1.79 bits per heavy atom. The summed E-state index contributed by atoms with van der Waals surface area (Å²) in [4.78, 5) is 16.6. The molecular weight excluding hydrogens is 586 g/mol. The minimum absolute atomic E-state index is 0.0283. The molecular formula is C31H38ClN7O3S. The number of nitrogens with one attached hydrogen (secondary N) is 1. The van der Waals surface area contributed by atoms with Gasteiger partial charge in [0.15, 0.2) is 0 Å². The Bertz CT molecular complexity index is 1710. The summed E-state index contributed by atoms with van der Waals surface area (Å²) >= 11 is 6.58. The van der Waals surface area contributed by atoms with Gasteiger partial charge < -0.3 is 19.9 Å². The van der Waals surface area contributed by atoms with Crippen LogP contribution >= 0.6 is 11.6 Å². The van der Waals surface area contributed by atoms with Gasteiger partial charge in [-0.2, -0.15) is 0 Å². The lowest BCUT2D eigenvalue weighted by molar-refractivity contribution is 0.0982. The van der Waals surface area contributed by atoms with Crippen molar-refractivity contribution in [3.63, 3.8) is 0 Å². The van der Waals surface area contributed by atoms with E-state index >= 15 is 0 Å². The van der Waals surface area contributed by atoms with Crippen LogP contribution in [0.25, 0.3) is 22.2 Å². The number of hydrogen-bond donors (Lipinski definition) is 1. The van der Waals surface area contributed by atoms with E-state index in [0.717, 1.165) is 68.9 Å². The van der Waals surface area contributed by atoms with Crippen molar-refractivity contribution in [2.45, 2.75) is 25.8 Å². The maximum atomic E-state index is 12.8. The van der Waals surface area contributed by atoms with Crippen LogP contribution in [0.15, 0.2) is 54.9 Å². The molecule has 0 spiro atoms. The Morgan fingerprint density at radius 3 is 2.51 bits per heavy atom. The number of benzene rings is 2. The molecule has 4 heterocycles. The zero-order valence-corrected chi connectivity index (χ0v) is 26.4. The fourth-order valence-corrected chi connectivity index (χ4v) is 7.30. The number of ether oxygens (including phenoxy) is 1. The molecule has 0 aliphatic carbocycles. The van der Waals surface area contributed by atoms with Crippen molar-refractivity contribution in [2.75, 3.05) is 69.4 Å². The maximum absolute atomic E-state index is 12.8. The van der Waals surface area contributed by atoms with Crippen LogP contribution in [0.3, 0.4) is 0 Å². The second-order valence-corrected chi connectivity index (χ2v) is 13.8. The molecule has 0 amide bonds. The van der Waals surface area contributed by atoms with E-state index in [2.05, 4.69) is 44.2 Å². The van der Waals surface area contributed by atoms with Gasteiger partial charge in [-0.15, -0.1) is 0 Å². The first-order valence-corrected chi connectivity index (χ1v) is 16.7. The molecule has 0 bridgehead atoms. The standard InChI is InChI=1S/C31H38ClN7O3S/c1-4-43(40,41)39-21-25(24-7-5-6-8-28(24)39)30-26(32)20-33-31(35-30)34-27-10-9-23(19-29(27)42-3)37-13-11-22(12-14-37)38-17-15-36(2)16-18-38/h5-10,19-22H,4,11-18H2,1-3H3,(H,33,34,35). The van der Waals surface area contributed by atoms with Gasteiger partial charge in [0.1, 0.15) is 5.75 Å². The van der Waals surface area contributed by atoms with E-state index in [0.29, 0.717) is 39.5 Å². The van der Waals surface area contributed by atoms with Gasteiger partial charge in [-0.1, -0.05) is 29.8 Å². The summed E-state index contributed by atoms with van der Waals surface area (Å²) in [5.41, 5.74) is 3.49. The highest BCUT2D eigenvalue weighted by molar-refractivity contribution is 7.90. The molecule has 2 aromatic heterocycles. The van der Waals surface area contributed by atoms with E-state index < -0.39 is 10.0 Å². The molecule has 228 valence electrons. The summed E-state index contributed by atoms with van der Waals surface area (Å²) in [6, 6.07) is 14.1. The topological polar surface area (TPSA) is 95.8 Å². The molecule has 0 atom stereocenters. The summed E-state index contributed by atoms with van der Waals surface area (Å²) in [5, 5.41) is 4.34. The van der Waals surface area contributed by atoms with Gasteiger partial charge in [0.05, 0.1) is 41.0 Å². The zero-order valence-electron chi connectivity index (χ0n) is 24.8. The van der Waals surface area contributed by atoms with Gasteiger partial charge in [-0.25, -0.2) is 22.4 Å². The van der Waals surface area contributed by atoms with Crippen LogP contribution < -0.4 is 15.0 Å². The second-order valence-electron chi connectivity index (χ2n) is 11.2. The van der Waals surface area contributed by atoms with Crippen LogP contribution in [-0.2, 0) is 10.0 Å². The molecule has 0 radical (unpaired) electrons. The normalized spacial score (nSPS) is 17.4. The number of hydrogen-bond acceptors (Lipinski definition) is 9. The molecule has 43 heavy (non-hydrogen) atoms. The highest BCUT2D eigenvalue weighted by atomic mass is 35.5. The minimum atomic E-state index is -3.53. The molecule has 12 heteroatoms. The van der Waals surface area contributed by atoms with E-state index in [1.54, 1.807) is 26.3 Å². The third kappa shape index (κ3) is 6.04. The molecule has 1 N–H and O–H groups in total. The number of rotatable bonds is 8. The number of methoxy groups -OCH3 is 1. The van der Waals surface area contributed by atoms with E-state index in [9.17, 15) is 8.42 Å². The number of para-hydroxylation sites is 1. The number of piperazine rings is 1. The lowest BCUT2D eigenvalue weighted by Crippen LogP contribution is -2.52. The van der Waals surface area contributed by atoms with Crippen molar-refractivity contribution in [3.8, 4) is 17.0 Å². The first-order chi connectivity index (χ1) is 20.8. The SMILES string of the molecule is CCS(=O)(=O)n1cc(-c2nc(Nc3ccc(N4CCC(N5CCN(C)CC5)CC4)cc3OC)ncc2Cl)c2ccccc21. The number of halogens is 1. The fraction of sp³-hybridized carbons (Fsp3) is 0.419. The van der Waals surface area contributed by atoms with Gasteiger partial charge in [0.2, 0.25) is 16.0 Å². The fourth-order valence-electron chi connectivity index (χ4n) is 6.10. The molecule has 2 aliphatic rings. The Kier molecular flexibility index (Phi) is 8.50. The predicted molar refractivity (Wildman–Crippen MR) is 173 cm³/mol. The smallest absolute Gasteiger partial charge is 0.238 e. The lowest BCUT2D eigenvalue weighted by atomic mass is 10.0. The first kappa shape index (κ1) is 29.7. The molecule has 0 unspecified atom stereocenters. The highest BCUT2D eigenvalue weighted by Gasteiger charge is 2.27. The van der Waals surface area contributed by atoms with Gasteiger partial charge >= 0.3 is 0 Å². The van der Waals surface area contributed by atoms with Gasteiger partial charge in [-0.05, 0) is 45.0 Å². The van der Waals surface area contributed by atoms with Crippen molar-refractivity contribution in [1.82, 2.24) is 23.7 Å². The number of likely N-dealkylation sites (N-methyl/N-ethyl adjacent to an activating group) is 1. The third-order valence-electron chi connectivity index (χ3n) is 8.66. The van der Waals surface area contributed by atoms with E-state index in [1.807, 2.05) is 24.3 Å². The Balaban J connectivity index is 1.22. The van der Waals surface area contributed by atoms with Gasteiger partial charge in [0.25, 0.3) is 0 Å². The molecule has 2 fully saturated rings. The van der Waals surface area contributed by atoms with E-state index in [-0.39, 0.29) is 5.75 Å². The molecule has 0 saturated carbocycles. The highest BCUT2D eigenvalue weighted by Crippen LogP contribution is 2.37. The van der Waals surface area contributed by atoms with Crippen LogP contribution in [0.4, 0.5) is 17.3 Å². The van der Waals surface area contributed by atoms with Crippen molar-refractivity contribution < 1.29 is 13.2 Å². The molecule has 4 aromatic rings. The Labute approximate surface area is 258 Å². The number of anilines is 3. The summed E-state index contributed by atoms with van der Waals surface area (Å²) < 4.78 is 32.7. The van der Waals surface area contributed by atoms with Crippen molar-refractivity contribution in [1.29, 1.82) is 0 Å². The summed E-state index contributed by atoms with van der Waals surface area (Å²) in [7, 11) is 0.327. The number of piperidine rings is 1. The quantitative estimate of drug-likeness (QED) is 0.293. The van der Waals surface area contributed by atoms with Crippen LogP contribution in [0.2, 0.25) is 5.02 Å². The molecule has 10 nitrogen and oxygen atoms in total. The summed E-state index contributed by atoms with van der Waals surface area (Å²) in [6.45, 7) is 8.26. The van der Waals surface area contributed by atoms with Gasteiger partial charge in [0, 0.05) is 74.2 Å². The predicted octanol–water partition coefficient (Wildman–Crippen LogP) is 4.92. The van der Waals surface area contributed by atoms with Crippen molar-refractivity contribution in [2.24, 2.45) is 0 Å². The zero-order chi connectivity index (χ0) is 30.1. The first-order valence-electron chi connectivity index (χ1n) is 14.8. The monoisotopic (exact) mass is 623 g/mol.